The molecule has 0 aromatic heterocycles. The second-order valence-corrected chi connectivity index (χ2v) is 7.86. The van der Waals surface area contributed by atoms with Crippen molar-refractivity contribution >= 4 is 16.8 Å². The van der Waals surface area contributed by atoms with Crippen molar-refractivity contribution in [2.75, 3.05) is 20.7 Å². The molecule has 0 bridgehead atoms. The largest absolute Gasteiger partial charge is 0.358 e. The van der Waals surface area contributed by atoms with Crippen molar-refractivity contribution in [2.24, 2.45) is 10.8 Å². The topological polar surface area (TPSA) is 74.3 Å². The molecule has 9 heteroatoms. The van der Waals surface area contributed by atoms with Crippen LogP contribution in [0.3, 0.4) is 0 Å². The van der Waals surface area contributed by atoms with Gasteiger partial charge in [-0.25, -0.2) is 13.8 Å². The van der Waals surface area contributed by atoms with E-state index in [4.69, 9.17) is 10.6 Å². The molecule has 3 N–H and O–H groups in total. The Bertz CT molecular complexity index is 871. The Hall–Kier alpha value is -2.04. The minimum atomic E-state index is -1.26. The highest BCUT2D eigenvalue weighted by Crippen LogP contribution is 2.51. The summed E-state index contributed by atoms with van der Waals surface area (Å²) in [6.07, 6.45) is -0.105. The minimum absolute atomic E-state index is 0.0397. The Labute approximate surface area is 172 Å². The Morgan fingerprint density at radius 3 is 2.66 bits per heavy atom. The molecule has 0 amide bonds. The summed E-state index contributed by atoms with van der Waals surface area (Å²) in [6.45, 7) is 0.433. The number of rotatable bonds is 8. The molecule has 2 aromatic carbocycles. The van der Waals surface area contributed by atoms with Gasteiger partial charge in [0.15, 0.2) is 0 Å². The zero-order valence-corrected chi connectivity index (χ0v) is 17.1. The van der Waals surface area contributed by atoms with Gasteiger partial charge < -0.3 is 10.8 Å². The number of nitrogens with two attached hydrogens (primary N) is 1. The molecular weight excluding hydrogens is 398 g/mol. The Morgan fingerprint density at radius 1 is 1.28 bits per heavy atom. The first-order chi connectivity index (χ1) is 13.9. The van der Waals surface area contributed by atoms with E-state index in [1.807, 2.05) is 30.3 Å². The van der Waals surface area contributed by atoms with Gasteiger partial charge in [0.25, 0.3) is 0 Å². The molecule has 0 radical (unpaired) electrons. The number of hydrogen-bond acceptors (Lipinski definition) is 7. The first-order valence-corrected chi connectivity index (χ1v) is 9.97. The smallest absolute Gasteiger partial charge is 0.225 e. The van der Waals surface area contributed by atoms with Gasteiger partial charge in [-0.1, -0.05) is 42.1 Å². The van der Waals surface area contributed by atoms with Crippen LogP contribution in [0.15, 0.2) is 53.6 Å². The fraction of sp³-hybridized carbons (Fsp3) is 0.350. The molecule has 0 spiro atoms. The summed E-state index contributed by atoms with van der Waals surface area (Å²) in [7, 11) is 2.98. The van der Waals surface area contributed by atoms with Crippen LogP contribution in [0.4, 0.5) is 8.78 Å². The normalized spacial score (nSPS) is 20.2. The molecular formula is C20H24F2N4O2S. The van der Waals surface area contributed by atoms with Gasteiger partial charge in [-0.15, -0.1) is 5.06 Å². The lowest BCUT2D eigenvalue weighted by Gasteiger charge is -2.41. The summed E-state index contributed by atoms with van der Waals surface area (Å²) in [4.78, 5) is 4.27. The van der Waals surface area contributed by atoms with Gasteiger partial charge in [-0.3, -0.25) is 4.84 Å². The molecule has 1 heterocycles. The van der Waals surface area contributed by atoms with Gasteiger partial charge in [-0.05, 0) is 43.1 Å². The second-order valence-electron chi connectivity index (χ2n) is 6.59. The summed E-state index contributed by atoms with van der Waals surface area (Å²) in [5, 5.41) is 18.4. The van der Waals surface area contributed by atoms with Crippen LogP contribution in [-0.2, 0) is 9.71 Å². The van der Waals surface area contributed by atoms with Crippen molar-refractivity contribution in [3.8, 4) is 0 Å². The monoisotopic (exact) mass is 422 g/mol. The molecule has 0 saturated carbocycles. The lowest BCUT2D eigenvalue weighted by Crippen LogP contribution is -2.51. The van der Waals surface area contributed by atoms with E-state index in [1.54, 1.807) is 7.05 Å². The molecule has 0 saturated heterocycles. The Balaban J connectivity index is 2.14. The highest BCUT2D eigenvalue weighted by Gasteiger charge is 2.49. The maximum atomic E-state index is 14.5. The van der Waals surface area contributed by atoms with E-state index >= 15 is 0 Å². The molecule has 1 aliphatic rings. The quantitative estimate of drug-likeness (QED) is 0.503. The summed E-state index contributed by atoms with van der Waals surface area (Å²) >= 11 is 1.26. The number of aliphatic hydroxyl groups is 1. The molecule has 0 fully saturated rings. The molecule has 3 rings (SSSR count). The van der Waals surface area contributed by atoms with E-state index in [-0.39, 0.29) is 10.6 Å². The van der Waals surface area contributed by atoms with Gasteiger partial charge in [0.05, 0.1) is 7.11 Å². The van der Waals surface area contributed by atoms with Gasteiger partial charge in [0.2, 0.25) is 6.35 Å². The number of nitrogens with zero attached hydrogens (tertiary/aromatic N) is 3. The summed E-state index contributed by atoms with van der Waals surface area (Å²) < 4.78 is 28.3. The van der Waals surface area contributed by atoms with Crippen LogP contribution in [0, 0.1) is 11.6 Å². The third-order valence-electron chi connectivity index (χ3n) is 4.77. The lowest BCUT2D eigenvalue weighted by molar-refractivity contribution is -0.265. The van der Waals surface area contributed by atoms with Crippen molar-refractivity contribution < 1.29 is 18.7 Å². The fourth-order valence-electron chi connectivity index (χ4n) is 3.20. The minimum Gasteiger partial charge on any atom is -0.358 e. The molecule has 1 unspecified atom stereocenters. The summed E-state index contributed by atoms with van der Waals surface area (Å²) in [5.41, 5.74) is 6.67. The standard InChI is InChI=1S/C20H24F2N4O2S/c1-25(28-2)19(27)26-20(11-6-12-23,14-7-4-3-5-8-14)29-18(24-26)16-13-15(21)9-10-17(16)22/h3-5,7-10,13,19,27H,6,11-12,23H2,1-2H3/t19?,20-/m0/s1. The van der Waals surface area contributed by atoms with E-state index in [0.717, 1.165) is 23.8 Å². The highest BCUT2D eigenvalue weighted by molar-refractivity contribution is 8.15. The number of thioether (sulfide) groups is 1. The molecule has 29 heavy (non-hydrogen) atoms. The molecule has 2 atom stereocenters. The van der Waals surface area contributed by atoms with Crippen molar-refractivity contribution in [3.63, 3.8) is 0 Å². The van der Waals surface area contributed by atoms with Crippen LogP contribution in [0.25, 0.3) is 0 Å². The SMILES string of the molecule is CON(C)C(O)N1N=C(c2cc(F)ccc2F)S[C@@]1(CCCN)c1ccccc1. The van der Waals surface area contributed by atoms with Crippen LogP contribution < -0.4 is 5.73 Å². The average Bonchev–Trinajstić information content (AvgIpc) is 3.14. The average molecular weight is 423 g/mol. The highest BCUT2D eigenvalue weighted by atomic mass is 32.2. The predicted molar refractivity (Wildman–Crippen MR) is 110 cm³/mol. The predicted octanol–water partition coefficient (Wildman–Crippen LogP) is 3.04. The van der Waals surface area contributed by atoms with E-state index in [2.05, 4.69) is 5.10 Å². The maximum absolute atomic E-state index is 14.5. The summed E-state index contributed by atoms with van der Waals surface area (Å²) in [6, 6.07) is 12.7. The van der Waals surface area contributed by atoms with Crippen LogP contribution in [0.2, 0.25) is 0 Å². The number of hydrazone groups is 1. The van der Waals surface area contributed by atoms with Crippen LogP contribution in [0.5, 0.6) is 0 Å². The fourth-order valence-corrected chi connectivity index (χ4v) is 4.65. The Kier molecular flexibility index (Phi) is 6.86. The van der Waals surface area contributed by atoms with E-state index in [1.165, 1.54) is 28.9 Å². The van der Waals surface area contributed by atoms with E-state index in [9.17, 15) is 13.9 Å². The van der Waals surface area contributed by atoms with Crippen LogP contribution >= 0.6 is 11.8 Å². The van der Waals surface area contributed by atoms with Crippen molar-refractivity contribution in [1.29, 1.82) is 0 Å². The van der Waals surface area contributed by atoms with Crippen LogP contribution in [0.1, 0.15) is 24.0 Å². The first kappa shape index (κ1) is 21.7. The maximum Gasteiger partial charge on any atom is 0.225 e. The zero-order valence-electron chi connectivity index (χ0n) is 16.3. The number of hydrogen-bond donors (Lipinski definition) is 2. The van der Waals surface area contributed by atoms with Gasteiger partial charge >= 0.3 is 0 Å². The van der Waals surface area contributed by atoms with Crippen molar-refractivity contribution in [1.82, 2.24) is 10.1 Å². The summed E-state index contributed by atoms with van der Waals surface area (Å²) in [5.74, 6) is -1.15. The van der Waals surface area contributed by atoms with Gasteiger partial charge in [-0.2, -0.15) is 5.10 Å². The molecule has 156 valence electrons. The lowest BCUT2D eigenvalue weighted by atomic mass is 10.0. The number of hydroxylamine groups is 2. The van der Waals surface area contributed by atoms with Crippen molar-refractivity contribution in [2.45, 2.75) is 24.1 Å². The number of halogens is 2. The van der Waals surface area contributed by atoms with Gasteiger partial charge in [0, 0.05) is 12.6 Å². The number of aliphatic hydroxyl groups excluding tert-OH is 1. The second kappa shape index (κ2) is 9.19. The van der Waals surface area contributed by atoms with Crippen molar-refractivity contribution in [3.05, 3.63) is 71.3 Å². The number of benzene rings is 2. The Morgan fingerprint density at radius 2 is 2.00 bits per heavy atom. The van der Waals surface area contributed by atoms with Crippen LogP contribution in [-0.4, -0.2) is 47.3 Å². The zero-order chi connectivity index (χ0) is 21.0. The van der Waals surface area contributed by atoms with E-state index in [0.29, 0.717) is 19.4 Å². The molecule has 6 nitrogen and oxygen atoms in total. The van der Waals surface area contributed by atoms with E-state index < -0.39 is 22.9 Å². The molecule has 0 aliphatic carbocycles. The third kappa shape index (κ3) is 4.29. The molecule has 2 aromatic rings. The third-order valence-corrected chi connectivity index (χ3v) is 6.23. The first-order valence-electron chi connectivity index (χ1n) is 9.16. The molecule has 1 aliphatic heterocycles. The van der Waals surface area contributed by atoms with Gasteiger partial charge in [0.1, 0.15) is 21.5 Å².